The third-order valence-electron chi connectivity index (χ3n) is 3.68. The molecule has 0 unspecified atom stereocenters. The van der Waals surface area contributed by atoms with E-state index in [1.165, 1.54) is 11.8 Å². The summed E-state index contributed by atoms with van der Waals surface area (Å²) in [5.41, 5.74) is 2.63. The number of benzene rings is 1. The number of hydrogen-bond donors (Lipinski definition) is 2. The molecule has 3 rings (SSSR count). The number of rotatable bonds is 4. The van der Waals surface area contributed by atoms with Gasteiger partial charge in [0.25, 0.3) is 5.24 Å². The second-order valence-electron chi connectivity index (χ2n) is 5.69. The molecule has 25 heavy (non-hydrogen) atoms. The number of nitrogens with zero attached hydrogens (tertiary/aromatic N) is 2. The molecule has 0 spiro atoms. The lowest BCUT2D eigenvalue weighted by Crippen LogP contribution is -2.26. The second-order valence-corrected chi connectivity index (χ2v) is 7.83. The number of Topliss-reactive ketones (excluding diaryl/α,β-unsaturated/α-hetero) is 1. The van der Waals surface area contributed by atoms with Crippen molar-refractivity contribution >= 4 is 51.5 Å². The first-order chi connectivity index (χ1) is 11.9. The minimum Gasteiger partial charge on any atom is -0.303 e. The van der Waals surface area contributed by atoms with Crippen LogP contribution in [0.2, 0.25) is 0 Å². The molecule has 130 valence electrons. The van der Waals surface area contributed by atoms with Gasteiger partial charge in [0.15, 0.2) is 11.0 Å². The van der Waals surface area contributed by atoms with Gasteiger partial charge in [0, 0.05) is 12.0 Å². The van der Waals surface area contributed by atoms with E-state index in [1.807, 2.05) is 26.0 Å². The molecule has 2 amide bonds. The van der Waals surface area contributed by atoms with E-state index >= 15 is 0 Å². The van der Waals surface area contributed by atoms with E-state index in [9.17, 15) is 14.4 Å². The van der Waals surface area contributed by atoms with Gasteiger partial charge in [0.1, 0.15) is 5.84 Å². The molecule has 0 radical (unpaired) electrons. The lowest BCUT2D eigenvalue weighted by atomic mass is 9.99. The summed E-state index contributed by atoms with van der Waals surface area (Å²) in [6, 6.07) is 5.64. The van der Waals surface area contributed by atoms with Gasteiger partial charge in [-0.15, -0.1) is 10.2 Å². The molecule has 0 aliphatic carbocycles. The highest BCUT2D eigenvalue weighted by molar-refractivity contribution is 8.15. The van der Waals surface area contributed by atoms with Crippen LogP contribution in [-0.4, -0.2) is 38.9 Å². The number of ketones is 1. The van der Waals surface area contributed by atoms with Crippen LogP contribution in [0.15, 0.2) is 28.4 Å². The molecule has 0 aromatic heterocycles. The molecule has 0 bridgehead atoms. The summed E-state index contributed by atoms with van der Waals surface area (Å²) >= 11 is 2.29. The summed E-state index contributed by atoms with van der Waals surface area (Å²) in [4.78, 5) is 35.6. The molecular weight excluding hydrogens is 360 g/mol. The fraction of sp³-hybridized carbons (Fsp3) is 0.312. The smallest absolute Gasteiger partial charge is 0.284 e. The standard InChI is InChI=1S/C16H16N4O3S2/c1-8-3-4-10(9(2)5-8)11(21)6-12-14(22)18-15(25-12)20-19-13-7-24-16(23)17-13/h3-5,12H,6-7H2,1-2H3,(H,17,19,23)(H,18,20,22)/t12-/m0/s1. The van der Waals surface area contributed by atoms with E-state index in [0.29, 0.717) is 22.3 Å². The maximum atomic E-state index is 12.5. The third-order valence-corrected chi connectivity index (χ3v) is 5.53. The predicted octanol–water partition coefficient (Wildman–Crippen LogP) is 2.23. The monoisotopic (exact) mass is 376 g/mol. The van der Waals surface area contributed by atoms with E-state index in [1.54, 1.807) is 6.07 Å². The molecule has 2 fully saturated rings. The zero-order valence-corrected chi connectivity index (χ0v) is 15.3. The van der Waals surface area contributed by atoms with Crippen molar-refractivity contribution in [3.8, 4) is 0 Å². The molecule has 7 nitrogen and oxygen atoms in total. The summed E-state index contributed by atoms with van der Waals surface area (Å²) in [6.07, 6.45) is 0.0998. The maximum Gasteiger partial charge on any atom is 0.284 e. The van der Waals surface area contributed by atoms with Gasteiger partial charge in [-0.25, -0.2) is 0 Å². The van der Waals surface area contributed by atoms with Crippen molar-refractivity contribution < 1.29 is 14.4 Å². The van der Waals surface area contributed by atoms with Crippen molar-refractivity contribution in [3.05, 3.63) is 34.9 Å². The molecular formula is C16H16N4O3S2. The van der Waals surface area contributed by atoms with Gasteiger partial charge in [-0.05, 0) is 19.4 Å². The number of aryl methyl sites for hydroxylation is 2. The van der Waals surface area contributed by atoms with Crippen molar-refractivity contribution in [3.63, 3.8) is 0 Å². The Kier molecular flexibility index (Phi) is 5.24. The summed E-state index contributed by atoms with van der Waals surface area (Å²) in [5.74, 6) is 0.555. The molecule has 0 saturated carbocycles. The van der Waals surface area contributed by atoms with Crippen molar-refractivity contribution in [1.29, 1.82) is 0 Å². The first-order valence-corrected chi connectivity index (χ1v) is 9.45. The molecule has 2 N–H and O–H groups in total. The molecule has 2 heterocycles. The molecule has 1 atom stereocenters. The van der Waals surface area contributed by atoms with Crippen molar-refractivity contribution in [1.82, 2.24) is 10.6 Å². The Hall–Kier alpha value is -2.13. The lowest BCUT2D eigenvalue weighted by molar-refractivity contribution is -0.118. The quantitative estimate of drug-likeness (QED) is 0.620. The van der Waals surface area contributed by atoms with Crippen LogP contribution >= 0.6 is 23.5 Å². The van der Waals surface area contributed by atoms with Gasteiger partial charge < -0.3 is 10.6 Å². The van der Waals surface area contributed by atoms with Crippen LogP contribution in [-0.2, 0) is 4.79 Å². The molecule has 1 aromatic rings. The predicted molar refractivity (Wildman–Crippen MR) is 100 cm³/mol. The number of thioether (sulfide) groups is 2. The highest BCUT2D eigenvalue weighted by atomic mass is 32.2. The molecule has 2 aliphatic rings. The van der Waals surface area contributed by atoms with Gasteiger partial charge in [-0.3, -0.25) is 14.4 Å². The fourth-order valence-corrected chi connectivity index (χ4v) is 3.98. The summed E-state index contributed by atoms with van der Waals surface area (Å²) in [7, 11) is 0. The molecule has 2 aliphatic heterocycles. The lowest BCUT2D eigenvalue weighted by Gasteiger charge is -2.08. The molecule has 2 saturated heterocycles. The fourth-order valence-electron chi connectivity index (χ4n) is 2.47. The average Bonchev–Trinajstić information content (AvgIpc) is 3.11. The molecule has 9 heteroatoms. The van der Waals surface area contributed by atoms with Crippen LogP contribution in [0.3, 0.4) is 0 Å². The first-order valence-electron chi connectivity index (χ1n) is 7.58. The largest absolute Gasteiger partial charge is 0.303 e. The number of nitrogens with one attached hydrogen (secondary N) is 2. The van der Waals surface area contributed by atoms with Gasteiger partial charge >= 0.3 is 0 Å². The van der Waals surface area contributed by atoms with E-state index in [4.69, 9.17) is 0 Å². The highest BCUT2D eigenvalue weighted by Crippen LogP contribution is 2.25. The van der Waals surface area contributed by atoms with Crippen LogP contribution in [0.5, 0.6) is 0 Å². The number of carbonyl (C=O) groups is 3. The van der Waals surface area contributed by atoms with Crippen LogP contribution in [0.4, 0.5) is 4.79 Å². The normalized spacial score (nSPS) is 23.2. The third kappa shape index (κ3) is 4.29. The summed E-state index contributed by atoms with van der Waals surface area (Å²) in [5, 5.41) is 12.7. The van der Waals surface area contributed by atoms with Crippen molar-refractivity contribution in [2.45, 2.75) is 25.5 Å². The Morgan fingerprint density at radius 1 is 1.24 bits per heavy atom. The highest BCUT2D eigenvalue weighted by Gasteiger charge is 2.32. The number of hydrogen-bond acceptors (Lipinski definition) is 7. The topological polar surface area (TPSA) is 100.0 Å². The Morgan fingerprint density at radius 3 is 2.72 bits per heavy atom. The van der Waals surface area contributed by atoms with Gasteiger partial charge in [0.05, 0.1) is 11.0 Å². The van der Waals surface area contributed by atoms with Gasteiger partial charge in [-0.2, -0.15) is 0 Å². The second kappa shape index (κ2) is 7.40. The maximum absolute atomic E-state index is 12.5. The Morgan fingerprint density at radius 2 is 2.04 bits per heavy atom. The summed E-state index contributed by atoms with van der Waals surface area (Å²) < 4.78 is 0. The van der Waals surface area contributed by atoms with E-state index in [2.05, 4.69) is 20.8 Å². The van der Waals surface area contributed by atoms with Crippen molar-refractivity contribution in [2.24, 2.45) is 10.2 Å². The van der Waals surface area contributed by atoms with E-state index < -0.39 is 5.25 Å². The van der Waals surface area contributed by atoms with E-state index in [0.717, 1.165) is 22.9 Å². The zero-order valence-electron chi connectivity index (χ0n) is 13.7. The Balaban J connectivity index is 1.65. The SMILES string of the molecule is Cc1ccc(C(=O)C[C@@H]2S/C(=N\N=C3\CSC(=O)N3)NC2=O)c(C)c1. The van der Waals surface area contributed by atoms with Crippen molar-refractivity contribution in [2.75, 3.05) is 5.75 Å². The number of amidine groups is 2. The minimum atomic E-state index is -0.528. The van der Waals surface area contributed by atoms with Crippen LogP contribution < -0.4 is 10.6 Å². The molecule has 1 aromatic carbocycles. The minimum absolute atomic E-state index is 0.0721. The number of carbonyl (C=O) groups excluding carboxylic acids is 3. The number of amides is 2. The summed E-state index contributed by atoms with van der Waals surface area (Å²) in [6.45, 7) is 3.86. The first kappa shape index (κ1) is 17.7. The Labute approximate surface area is 153 Å². The van der Waals surface area contributed by atoms with Crippen LogP contribution in [0.1, 0.15) is 27.9 Å². The van der Waals surface area contributed by atoms with E-state index in [-0.39, 0.29) is 23.4 Å². The Bertz CT molecular complexity index is 820. The van der Waals surface area contributed by atoms with Gasteiger partial charge in [-0.1, -0.05) is 47.3 Å². The van der Waals surface area contributed by atoms with Gasteiger partial charge in [0.2, 0.25) is 5.91 Å². The van der Waals surface area contributed by atoms with Crippen LogP contribution in [0.25, 0.3) is 0 Å². The average molecular weight is 376 g/mol. The zero-order chi connectivity index (χ0) is 18.0. The van der Waals surface area contributed by atoms with Crippen LogP contribution in [0, 0.1) is 13.8 Å².